The van der Waals surface area contributed by atoms with Crippen molar-refractivity contribution in [1.29, 1.82) is 0 Å². The van der Waals surface area contributed by atoms with Crippen molar-refractivity contribution in [1.82, 2.24) is 4.98 Å². The number of nitrogen functional groups attached to an aromatic ring is 1. The van der Waals surface area contributed by atoms with Crippen molar-refractivity contribution in [2.45, 2.75) is 26.7 Å². The van der Waals surface area contributed by atoms with E-state index in [2.05, 4.69) is 24.0 Å². The number of anilines is 1. The van der Waals surface area contributed by atoms with Crippen LogP contribution in [0.25, 0.3) is 10.4 Å². The highest BCUT2D eigenvalue weighted by molar-refractivity contribution is 7.18. The van der Waals surface area contributed by atoms with Gasteiger partial charge >= 0.3 is 0 Å². The van der Waals surface area contributed by atoms with E-state index >= 15 is 0 Å². The molecule has 1 aromatic heterocycles. The van der Waals surface area contributed by atoms with Gasteiger partial charge in [-0.15, -0.1) is 0 Å². The number of nitrogens with zero attached hydrogens (tertiary/aromatic N) is 1. The Hall–Kier alpha value is -1.55. The Labute approximate surface area is 112 Å². The van der Waals surface area contributed by atoms with Gasteiger partial charge in [-0.05, 0) is 31.0 Å². The van der Waals surface area contributed by atoms with E-state index in [1.165, 1.54) is 11.3 Å². The summed E-state index contributed by atoms with van der Waals surface area (Å²) < 4.78 is 5.71. The molecule has 4 heteroatoms. The van der Waals surface area contributed by atoms with Gasteiger partial charge in [0.2, 0.25) is 0 Å². The van der Waals surface area contributed by atoms with Crippen molar-refractivity contribution >= 4 is 16.5 Å². The molecular weight excluding hydrogens is 244 g/mol. The second-order valence-electron chi connectivity index (χ2n) is 4.20. The molecule has 2 rings (SSSR count). The maximum atomic E-state index is 5.73. The second kappa shape index (κ2) is 5.87. The minimum absolute atomic E-state index is 0.611. The summed E-state index contributed by atoms with van der Waals surface area (Å²) in [4.78, 5) is 5.37. The summed E-state index contributed by atoms with van der Waals surface area (Å²) in [5.41, 5.74) is 7.83. The lowest BCUT2D eigenvalue weighted by atomic mass is 10.1. The topological polar surface area (TPSA) is 48.1 Å². The lowest BCUT2D eigenvalue weighted by molar-refractivity contribution is 0.309. The molecule has 96 valence electrons. The van der Waals surface area contributed by atoms with Crippen LogP contribution in [-0.4, -0.2) is 11.6 Å². The van der Waals surface area contributed by atoms with Crippen LogP contribution in [-0.2, 0) is 0 Å². The van der Waals surface area contributed by atoms with Crippen molar-refractivity contribution in [2.24, 2.45) is 0 Å². The van der Waals surface area contributed by atoms with Gasteiger partial charge < -0.3 is 10.5 Å². The number of hydrogen-bond donors (Lipinski definition) is 1. The molecule has 0 aliphatic rings. The number of ether oxygens (including phenoxy) is 1. The van der Waals surface area contributed by atoms with Gasteiger partial charge in [-0.3, -0.25) is 0 Å². The van der Waals surface area contributed by atoms with E-state index in [4.69, 9.17) is 10.5 Å². The van der Waals surface area contributed by atoms with E-state index in [9.17, 15) is 0 Å². The Morgan fingerprint density at radius 3 is 2.89 bits per heavy atom. The minimum atomic E-state index is 0.611. The van der Waals surface area contributed by atoms with Gasteiger partial charge in [0.05, 0.1) is 17.2 Å². The number of thiazole rings is 1. The normalized spacial score (nSPS) is 10.6. The highest BCUT2D eigenvalue weighted by atomic mass is 32.1. The molecule has 0 aliphatic carbocycles. The Bertz CT molecular complexity index is 522. The number of hydrogen-bond acceptors (Lipinski definition) is 4. The summed E-state index contributed by atoms with van der Waals surface area (Å²) in [6.07, 6.45) is 2.22. The van der Waals surface area contributed by atoms with Gasteiger partial charge in [0, 0.05) is 0 Å². The average molecular weight is 262 g/mol. The highest BCUT2D eigenvalue weighted by Gasteiger charge is 2.08. The van der Waals surface area contributed by atoms with E-state index in [1.54, 1.807) is 0 Å². The largest absolute Gasteiger partial charge is 0.494 e. The maximum absolute atomic E-state index is 5.73. The molecule has 0 amide bonds. The molecule has 18 heavy (non-hydrogen) atoms. The smallest absolute Gasteiger partial charge is 0.180 e. The Morgan fingerprint density at radius 1 is 1.39 bits per heavy atom. The van der Waals surface area contributed by atoms with Crippen molar-refractivity contribution in [3.8, 4) is 16.2 Å². The van der Waals surface area contributed by atoms with E-state index in [0.29, 0.717) is 5.13 Å². The molecule has 0 fully saturated rings. The van der Waals surface area contributed by atoms with Crippen LogP contribution in [0.15, 0.2) is 24.3 Å². The first-order chi connectivity index (χ1) is 8.70. The molecule has 0 saturated carbocycles. The first-order valence-electron chi connectivity index (χ1n) is 6.17. The predicted octanol–water partition coefficient (Wildman–Crippen LogP) is 3.88. The number of nitrogens with two attached hydrogens (primary N) is 1. The van der Waals surface area contributed by atoms with Crippen molar-refractivity contribution < 1.29 is 4.74 Å². The molecular formula is C14H18N2OS. The number of aromatic nitrogens is 1. The summed E-state index contributed by atoms with van der Waals surface area (Å²) in [5, 5.41) is 0.611. The quantitative estimate of drug-likeness (QED) is 0.832. The van der Waals surface area contributed by atoms with Crippen molar-refractivity contribution in [3.63, 3.8) is 0 Å². The summed E-state index contributed by atoms with van der Waals surface area (Å²) in [6, 6.07) is 8.10. The van der Waals surface area contributed by atoms with Crippen LogP contribution in [0.3, 0.4) is 0 Å². The first-order valence-corrected chi connectivity index (χ1v) is 6.98. The molecule has 0 radical (unpaired) electrons. The van der Waals surface area contributed by atoms with E-state index < -0.39 is 0 Å². The van der Waals surface area contributed by atoms with Crippen LogP contribution in [0, 0.1) is 6.92 Å². The molecule has 2 aromatic rings. The molecule has 0 atom stereocenters. The fraction of sp³-hybridized carbons (Fsp3) is 0.357. The Morgan fingerprint density at radius 2 is 2.22 bits per heavy atom. The summed E-state index contributed by atoms with van der Waals surface area (Å²) in [6.45, 7) is 4.90. The summed E-state index contributed by atoms with van der Waals surface area (Å²) >= 11 is 1.52. The molecule has 0 bridgehead atoms. The monoisotopic (exact) mass is 262 g/mol. The zero-order valence-electron chi connectivity index (χ0n) is 10.8. The molecule has 1 heterocycles. The third-order valence-corrected chi connectivity index (χ3v) is 3.71. The van der Waals surface area contributed by atoms with Crippen LogP contribution in [0.1, 0.15) is 25.5 Å². The molecule has 0 spiro atoms. The minimum Gasteiger partial charge on any atom is -0.494 e. The number of rotatable bonds is 5. The van der Waals surface area contributed by atoms with E-state index in [1.807, 2.05) is 19.1 Å². The van der Waals surface area contributed by atoms with Crippen LogP contribution in [0.2, 0.25) is 0 Å². The molecule has 1 aromatic carbocycles. The number of unbranched alkanes of at least 4 members (excludes halogenated alkanes) is 1. The van der Waals surface area contributed by atoms with Crippen molar-refractivity contribution in [3.05, 3.63) is 30.0 Å². The Balaban J connectivity index is 2.19. The van der Waals surface area contributed by atoms with Crippen molar-refractivity contribution in [2.75, 3.05) is 12.3 Å². The Kier molecular flexibility index (Phi) is 4.20. The van der Waals surface area contributed by atoms with Crippen LogP contribution >= 0.6 is 11.3 Å². The first kappa shape index (κ1) is 12.9. The number of aryl methyl sites for hydroxylation is 1. The van der Waals surface area contributed by atoms with Gasteiger partial charge in [-0.1, -0.05) is 36.8 Å². The van der Waals surface area contributed by atoms with Gasteiger partial charge in [0.1, 0.15) is 5.75 Å². The summed E-state index contributed by atoms with van der Waals surface area (Å²) in [7, 11) is 0. The lowest BCUT2D eigenvalue weighted by Gasteiger charge is -2.06. The van der Waals surface area contributed by atoms with E-state index in [-0.39, 0.29) is 0 Å². The molecule has 0 unspecified atom stereocenters. The molecule has 3 nitrogen and oxygen atoms in total. The van der Waals surface area contributed by atoms with Gasteiger partial charge in [-0.25, -0.2) is 4.98 Å². The zero-order valence-corrected chi connectivity index (χ0v) is 11.6. The van der Waals surface area contributed by atoms with E-state index in [0.717, 1.165) is 41.3 Å². The third kappa shape index (κ3) is 3.01. The highest BCUT2D eigenvalue weighted by Crippen LogP contribution is 2.32. The zero-order chi connectivity index (χ0) is 13.0. The molecule has 0 aliphatic heterocycles. The SMILES string of the molecule is CCCCOc1cccc(-c2sc(N)nc2C)c1. The maximum Gasteiger partial charge on any atom is 0.180 e. The number of benzene rings is 1. The average Bonchev–Trinajstić information content (AvgIpc) is 2.69. The fourth-order valence-electron chi connectivity index (χ4n) is 1.75. The third-order valence-electron chi connectivity index (χ3n) is 2.68. The van der Waals surface area contributed by atoms with Crippen LogP contribution < -0.4 is 10.5 Å². The lowest BCUT2D eigenvalue weighted by Crippen LogP contribution is -1.96. The standard InChI is InChI=1S/C14H18N2OS/c1-3-4-8-17-12-7-5-6-11(9-12)13-10(2)16-14(15)18-13/h5-7,9H,3-4,8H2,1-2H3,(H2,15,16). The predicted molar refractivity (Wildman–Crippen MR) is 77.1 cm³/mol. The van der Waals surface area contributed by atoms with Crippen LogP contribution in [0.5, 0.6) is 5.75 Å². The molecule has 2 N–H and O–H groups in total. The van der Waals surface area contributed by atoms with Gasteiger partial charge in [0.25, 0.3) is 0 Å². The summed E-state index contributed by atoms with van der Waals surface area (Å²) in [5.74, 6) is 0.910. The fourth-order valence-corrected chi connectivity index (χ4v) is 2.58. The van der Waals surface area contributed by atoms with Gasteiger partial charge in [0.15, 0.2) is 5.13 Å². The second-order valence-corrected chi connectivity index (χ2v) is 5.23. The van der Waals surface area contributed by atoms with Gasteiger partial charge in [-0.2, -0.15) is 0 Å². The van der Waals surface area contributed by atoms with Crippen LogP contribution in [0.4, 0.5) is 5.13 Å². The molecule has 0 saturated heterocycles.